The summed E-state index contributed by atoms with van der Waals surface area (Å²) < 4.78 is 0. The summed E-state index contributed by atoms with van der Waals surface area (Å²) in [5, 5.41) is 10.9. The number of allylic oxidation sites excluding steroid dienone is 4. The van der Waals surface area contributed by atoms with Gasteiger partial charge in [-0.2, -0.15) is 5.10 Å². The summed E-state index contributed by atoms with van der Waals surface area (Å²) in [5.41, 5.74) is 10.2. The van der Waals surface area contributed by atoms with Crippen LogP contribution in [-0.2, 0) is 0 Å². The zero-order valence-corrected chi connectivity index (χ0v) is 12.8. The molecule has 110 valence electrons. The van der Waals surface area contributed by atoms with Gasteiger partial charge in [-0.1, -0.05) is 17.7 Å². The Morgan fingerprint density at radius 3 is 2.65 bits per heavy atom. The molecule has 3 N–H and O–H groups in total. The zero-order chi connectivity index (χ0) is 15.0. The standard InChI is InChI=1S/C15H25N5/c1-12(19-18-11-17-2)15(9-16)14-7-5-13(6-8-14)10-20(3)4/h5,7,9,11H,6,8,10,16H2,1-4H3,(H,17,18)/b15-9+,19-12+. The largest absolute Gasteiger partial charge is 0.404 e. The van der Waals surface area contributed by atoms with Crippen molar-refractivity contribution in [1.82, 2.24) is 10.2 Å². The second kappa shape index (κ2) is 8.32. The van der Waals surface area contributed by atoms with E-state index in [1.807, 2.05) is 6.92 Å². The summed E-state index contributed by atoms with van der Waals surface area (Å²) in [7, 11) is 5.96. The van der Waals surface area contributed by atoms with Gasteiger partial charge >= 0.3 is 0 Å². The molecule has 0 amide bonds. The summed E-state index contributed by atoms with van der Waals surface area (Å²) in [6.07, 6.45) is 9.54. The molecule has 0 unspecified atom stereocenters. The fourth-order valence-electron chi connectivity index (χ4n) is 2.13. The average molecular weight is 275 g/mol. The van der Waals surface area contributed by atoms with E-state index in [0.29, 0.717) is 0 Å². The van der Waals surface area contributed by atoms with Gasteiger partial charge in [-0.25, -0.2) is 0 Å². The van der Waals surface area contributed by atoms with E-state index >= 15 is 0 Å². The molecular formula is C15H25N5. The van der Waals surface area contributed by atoms with E-state index in [4.69, 9.17) is 5.73 Å². The SMILES string of the molecule is CN\C=N/N=C(C)/C(=C\N)C1=CC=C(CN(C)C)CC1. The lowest BCUT2D eigenvalue weighted by atomic mass is 9.91. The van der Waals surface area contributed by atoms with Crippen molar-refractivity contribution in [3.8, 4) is 0 Å². The van der Waals surface area contributed by atoms with Crippen LogP contribution in [0.1, 0.15) is 19.8 Å². The summed E-state index contributed by atoms with van der Waals surface area (Å²) in [6.45, 7) is 2.93. The summed E-state index contributed by atoms with van der Waals surface area (Å²) in [5.74, 6) is 0. The van der Waals surface area contributed by atoms with Crippen LogP contribution in [-0.4, -0.2) is 44.6 Å². The zero-order valence-electron chi connectivity index (χ0n) is 12.8. The molecule has 1 rings (SSSR count). The minimum atomic E-state index is 0.828. The predicted octanol–water partition coefficient (Wildman–Crippen LogP) is 1.66. The Morgan fingerprint density at radius 1 is 1.40 bits per heavy atom. The molecule has 0 aromatic heterocycles. The molecule has 0 aromatic rings. The highest BCUT2D eigenvalue weighted by Gasteiger charge is 2.13. The van der Waals surface area contributed by atoms with Crippen LogP contribution in [0.3, 0.4) is 0 Å². The topological polar surface area (TPSA) is 66.0 Å². The van der Waals surface area contributed by atoms with Gasteiger partial charge < -0.3 is 16.0 Å². The Hall–Kier alpha value is -1.88. The molecule has 0 aromatic carbocycles. The molecule has 0 fully saturated rings. The van der Waals surface area contributed by atoms with Gasteiger partial charge in [-0.3, -0.25) is 0 Å². The van der Waals surface area contributed by atoms with Gasteiger partial charge in [0.05, 0.1) is 5.71 Å². The minimum Gasteiger partial charge on any atom is -0.404 e. The lowest BCUT2D eigenvalue weighted by Crippen LogP contribution is -2.16. The van der Waals surface area contributed by atoms with Gasteiger partial charge in [0.25, 0.3) is 0 Å². The van der Waals surface area contributed by atoms with Crippen molar-refractivity contribution in [2.75, 3.05) is 27.7 Å². The van der Waals surface area contributed by atoms with Crippen LogP contribution in [0.4, 0.5) is 0 Å². The highest BCUT2D eigenvalue weighted by molar-refractivity contribution is 6.02. The second-order valence-electron chi connectivity index (χ2n) is 5.05. The number of rotatable bonds is 6. The molecule has 0 saturated carbocycles. The summed E-state index contributed by atoms with van der Waals surface area (Å²) in [4.78, 5) is 2.18. The normalized spacial score (nSPS) is 17.4. The Labute approximate surface area is 121 Å². The maximum atomic E-state index is 5.74. The highest BCUT2D eigenvalue weighted by atomic mass is 15.2. The molecule has 1 aliphatic carbocycles. The molecule has 0 bridgehead atoms. The average Bonchev–Trinajstić information content (AvgIpc) is 2.41. The van der Waals surface area contributed by atoms with Crippen LogP contribution in [0.2, 0.25) is 0 Å². The molecule has 0 atom stereocenters. The van der Waals surface area contributed by atoms with Crippen LogP contribution < -0.4 is 11.1 Å². The van der Waals surface area contributed by atoms with Crippen LogP contribution in [0, 0.1) is 0 Å². The van der Waals surface area contributed by atoms with Gasteiger partial charge in [0.2, 0.25) is 0 Å². The molecule has 0 aliphatic heterocycles. The number of hydrogen-bond donors (Lipinski definition) is 2. The molecule has 0 spiro atoms. The molecular weight excluding hydrogens is 250 g/mol. The van der Waals surface area contributed by atoms with E-state index in [2.05, 4.69) is 46.7 Å². The molecule has 5 heteroatoms. The number of hydrogen-bond acceptors (Lipinski definition) is 4. The van der Waals surface area contributed by atoms with Gasteiger partial charge in [0, 0.05) is 25.4 Å². The Morgan fingerprint density at radius 2 is 2.15 bits per heavy atom. The van der Waals surface area contributed by atoms with Crippen molar-refractivity contribution in [3.63, 3.8) is 0 Å². The van der Waals surface area contributed by atoms with Gasteiger partial charge in [0.1, 0.15) is 6.34 Å². The fourth-order valence-corrected chi connectivity index (χ4v) is 2.13. The van der Waals surface area contributed by atoms with E-state index < -0.39 is 0 Å². The minimum absolute atomic E-state index is 0.828. The molecule has 0 saturated heterocycles. The van der Waals surface area contributed by atoms with Gasteiger partial charge in [-0.05, 0) is 39.4 Å². The van der Waals surface area contributed by atoms with Crippen LogP contribution in [0.5, 0.6) is 0 Å². The Kier molecular flexibility index (Phi) is 6.73. The van der Waals surface area contributed by atoms with Crippen molar-refractivity contribution in [2.45, 2.75) is 19.8 Å². The van der Waals surface area contributed by atoms with Crippen molar-refractivity contribution in [3.05, 3.63) is 35.1 Å². The van der Waals surface area contributed by atoms with Crippen molar-refractivity contribution < 1.29 is 0 Å². The van der Waals surface area contributed by atoms with E-state index in [9.17, 15) is 0 Å². The van der Waals surface area contributed by atoms with Crippen LogP contribution in [0.15, 0.2) is 45.3 Å². The first-order chi connectivity index (χ1) is 9.58. The predicted molar refractivity (Wildman–Crippen MR) is 86.9 cm³/mol. The smallest absolute Gasteiger partial charge is 0.111 e. The summed E-state index contributed by atoms with van der Waals surface area (Å²) in [6, 6.07) is 0. The Balaban J connectivity index is 2.83. The molecule has 20 heavy (non-hydrogen) atoms. The van der Waals surface area contributed by atoms with E-state index in [0.717, 1.165) is 30.7 Å². The van der Waals surface area contributed by atoms with Gasteiger partial charge in [-0.15, -0.1) is 5.10 Å². The Bertz CT molecular complexity index is 467. The molecule has 5 nitrogen and oxygen atoms in total. The van der Waals surface area contributed by atoms with Crippen molar-refractivity contribution in [2.24, 2.45) is 15.9 Å². The van der Waals surface area contributed by atoms with Crippen LogP contribution in [0.25, 0.3) is 0 Å². The number of nitrogens with one attached hydrogen (secondary N) is 1. The van der Waals surface area contributed by atoms with E-state index in [1.165, 1.54) is 11.1 Å². The summed E-state index contributed by atoms with van der Waals surface area (Å²) >= 11 is 0. The van der Waals surface area contributed by atoms with E-state index in [-0.39, 0.29) is 0 Å². The quantitative estimate of drug-likeness (QED) is 0.440. The maximum Gasteiger partial charge on any atom is 0.111 e. The molecule has 1 aliphatic rings. The van der Waals surface area contributed by atoms with Gasteiger partial charge in [0.15, 0.2) is 0 Å². The highest BCUT2D eigenvalue weighted by Crippen LogP contribution is 2.25. The monoisotopic (exact) mass is 275 g/mol. The molecule has 0 heterocycles. The van der Waals surface area contributed by atoms with Crippen molar-refractivity contribution in [1.29, 1.82) is 0 Å². The van der Waals surface area contributed by atoms with Crippen molar-refractivity contribution >= 4 is 12.1 Å². The number of nitrogens with zero attached hydrogens (tertiary/aromatic N) is 3. The first kappa shape index (κ1) is 16.2. The lowest BCUT2D eigenvalue weighted by Gasteiger charge is -2.19. The third kappa shape index (κ3) is 5.01. The van der Waals surface area contributed by atoms with E-state index in [1.54, 1.807) is 19.6 Å². The fraction of sp³-hybridized carbons (Fsp3) is 0.467. The number of likely N-dealkylation sites (N-methyl/N-ethyl adjacent to an activating group) is 1. The first-order valence-electron chi connectivity index (χ1n) is 6.77. The number of nitrogens with two attached hydrogens (primary N) is 1. The second-order valence-corrected chi connectivity index (χ2v) is 5.05. The maximum absolute atomic E-state index is 5.74. The third-order valence-corrected chi connectivity index (χ3v) is 3.05. The third-order valence-electron chi connectivity index (χ3n) is 3.05. The van der Waals surface area contributed by atoms with Crippen LogP contribution >= 0.6 is 0 Å². The molecule has 0 radical (unpaired) electrons. The lowest BCUT2D eigenvalue weighted by molar-refractivity contribution is 0.438. The first-order valence-corrected chi connectivity index (χ1v) is 6.77.